The lowest BCUT2D eigenvalue weighted by Gasteiger charge is -2.19. The Kier molecular flexibility index (Phi) is 7.90. The van der Waals surface area contributed by atoms with Gasteiger partial charge >= 0.3 is 0 Å². The van der Waals surface area contributed by atoms with E-state index in [1.807, 2.05) is 24.3 Å². The zero-order chi connectivity index (χ0) is 19.4. The molecule has 2 aromatic carbocycles. The molecule has 0 saturated heterocycles. The maximum absolute atomic E-state index is 9.31. The van der Waals surface area contributed by atoms with Crippen molar-refractivity contribution in [1.82, 2.24) is 4.57 Å². The largest absolute Gasteiger partial charge is 0.396 e. The lowest BCUT2D eigenvalue weighted by Crippen LogP contribution is -2.17. The smallest absolute Gasteiger partial charge is 0.190 e. The van der Waals surface area contributed by atoms with Crippen LogP contribution in [0, 0.1) is 0 Å². The van der Waals surface area contributed by atoms with Crippen LogP contribution < -0.4 is 4.80 Å². The highest BCUT2D eigenvalue weighted by Gasteiger charge is 2.14. The number of aromatic nitrogens is 1. The van der Waals surface area contributed by atoms with Crippen LogP contribution in [0.4, 0.5) is 5.69 Å². The van der Waals surface area contributed by atoms with Gasteiger partial charge in [-0.2, -0.15) is 0 Å². The first-order valence-corrected chi connectivity index (χ1v) is 10.3. The van der Waals surface area contributed by atoms with E-state index in [0.717, 1.165) is 28.3 Å². The first-order chi connectivity index (χ1) is 12.9. The second kappa shape index (κ2) is 9.75. The third kappa shape index (κ3) is 5.48. The molecular formula is C22H26Cl2N2OS. The molecule has 3 rings (SSSR count). The molecule has 0 aliphatic rings. The van der Waals surface area contributed by atoms with Gasteiger partial charge < -0.3 is 9.67 Å². The minimum Gasteiger partial charge on any atom is -0.396 e. The normalized spacial score (nSPS) is 12.1. The Morgan fingerprint density at radius 2 is 1.68 bits per heavy atom. The number of benzene rings is 2. The molecule has 0 spiro atoms. The average molecular weight is 437 g/mol. The van der Waals surface area contributed by atoms with Gasteiger partial charge in [0.2, 0.25) is 0 Å². The summed E-state index contributed by atoms with van der Waals surface area (Å²) in [5, 5.41) is 12.1. The van der Waals surface area contributed by atoms with E-state index in [2.05, 4.69) is 55.0 Å². The SMILES string of the molecule is CC(C)(C)c1ccc(-c2csc(=Nc3ccc(Cl)cc3)n2CCCO)cc1.Cl. The van der Waals surface area contributed by atoms with Gasteiger partial charge in [0.1, 0.15) is 0 Å². The van der Waals surface area contributed by atoms with Crippen LogP contribution >= 0.6 is 35.3 Å². The molecule has 0 atom stereocenters. The highest BCUT2D eigenvalue weighted by atomic mass is 35.5. The number of rotatable bonds is 5. The van der Waals surface area contributed by atoms with Gasteiger partial charge in [-0.15, -0.1) is 23.7 Å². The van der Waals surface area contributed by atoms with E-state index in [-0.39, 0.29) is 24.4 Å². The summed E-state index contributed by atoms with van der Waals surface area (Å²) in [5.41, 5.74) is 4.61. The van der Waals surface area contributed by atoms with Crippen molar-refractivity contribution in [3.8, 4) is 11.3 Å². The van der Waals surface area contributed by atoms with Crippen LogP contribution in [-0.2, 0) is 12.0 Å². The third-order valence-electron chi connectivity index (χ3n) is 4.44. The van der Waals surface area contributed by atoms with Gasteiger partial charge in [-0.05, 0) is 47.2 Å². The lowest BCUT2D eigenvalue weighted by atomic mass is 9.86. The highest BCUT2D eigenvalue weighted by molar-refractivity contribution is 7.07. The molecule has 28 heavy (non-hydrogen) atoms. The van der Waals surface area contributed by atoms with Crippen LogP contribution in [0.5, 0.6) is 0 Å². The summed E-state index contributed by atoms with van der Waals surface area (Å²) >= 11 is 7.58. The average Bonchev–Trinajstić information content (AvgIpc) is 3.03. The fraction of sp³-hybridized carbons (Fsp3) is 0.318. The number of hydrogen-bond donors (Lipinski definition) is 1. The summed E-state index contributed by atoms with van der Waals surface area (Å²) in [4.78, 5) is 5.70. The number of aliphatic hydroxyl groups is 1. The van der Waals surface area contributed by atoms with Crippen molar-refractivity contribution in [3.05, 3.63) is 69.3 Å². The van der Waals surface area contributed by atoms with Gasteiger partial charge in [0, 0.05) is 23.6 Å². The predicted octanol–water partition coefficient (Wildman–Crippen LogP) is 6.20. The van der Waals surface area contributed by atoms with Gasteiger partial charge in [0.15, 0.2) is 4.80 Å². The predicted molar refractivity (Wildman–Crippen MR) is 122 cm³/mol. The molecule has 0 fully saturated rings. The van der Waals surface area contributed by atoms with Crippen LogP contribution in [-0.4, -0.2) is 16.3 Å². The Bertz CT molecular complexity index is 952. The molecule has 0 saturated carbocycles. The summed E-state index contributed by atoms with van der Waals surface area (Å²) < 4.78 is 2.18. The van der Waals surface area contributed by atoms with Crippen LogP contribution in [0.2, 0.25) is 5.02 Å². The van der Waals surface area contributed by atoms with E-state index in [1.165, 1.54) is 5.56 Å². The summed E-state index contributed by atoms with van der Waals surface area (Å²) in [7, 11) is 0. The van der Waals surface area contributed by atoms with Crippen LogP contribution in [0.15, 0.2) is 58.9 Å². The number of halogens is 2. The standard InChI is InChI=1S/C22H25ClN2OS.ClH/c1-22(2,3)17-7-5-16(6-8-17)20-15-27-21(25(20)13-4-14-26)24-19-11-9-18(23)10-12-19;/h5-12,15,26H,4,13-14H2,1-3H3;1H. The van der Waals surface area contributed by atoms with Crippen molar-refractivity contribution in [2.45, 2.75) is 39.2 Å². The molecule has 0 radical (unpaired) electrons. The van der Waals surface area contributed by atoms with Crippen LogP contribution in [0.3, 0.4) is 0 Å². The fourth-order valence-electron chi connectivity index (χ4n) is 2.86. The molecule has 0 amide bonds. The summed E-state index contributed by atoms with van der Waals surface area (Å²) in [6.45, 7) is 7.54. The summed E-state index contributed by atoms with van der Waals surface area (Å²) in [6, 6.07) is 16.2. The molecular weight excluding hydrogens is 411 g/mol. The Hall–Kier alpha value is -1.59. The third-order valence-corrected chi connectivity index (χ3v) is 5.55. The highest BCUT2D eigenvalue weighted by Crippen LogP contribution is 2.27. The van der Waals surface area contributed by atoms with Crippen molar-refractivity contribution < 1.29 is 5.11 Å². The molecule has 0 aliphatic heterocycles. The van der Waals surface area contributed by atoms with Crippen LogP contribution in [0.25, 0.3) is 11.3 Å². The molecule has 1 aromatic heterocycles. The number of thiazole rings is 1. The maximum Gasteiger partial charge on any atom is 0.190 e. The van der Waals surface area contributed by atoms with Gasteiger partial charge in [0.05, 0.1) is 11.4 Å². The summed E-state index contributed by atoms with van der Waals surface area (Å²) in [6.07, 6.45) is 0.692. The lowest BCUT2D eigenvalue weighted by molar-refractivity contribution is 0.279. The second-order valence-corrected chi connectivity index (χ2v) is 8.82. The molecule has 3 aromatic rings. The zero-order valence-corrected chi connectivity index (χ0v) is 18.7. The van der Waals surface area contributed by atoms with Crippen molar-refractivity contribution in [2.24, 2.45) is 4.99 Å². The van der Waals surface area contributed by atoms with E-state index in [0.29, 0.717) is 11.4 Å². The topological polar surface area (TPSA) is 37.5 Å². The van der Waals surface area contributed by atoms with Gasteiger partial charge in [-0.25, -0.2) is 4.99 Å². The van der Waals surface area contributed by atoms with Crippen LogP contribution in [0.1, 0.15) is 32.8 Å². The van der Waals surface area contributed by atoms with Gasteiger partial charge in [-0.1, -0.05) is 56.6 Å². The Labute approximate surface area is 181 Å². The van der Waals surface area contributed by atoms with Crippen molar-refractivity contribution >= 4 is 41.0 Å². The van der Waals surface area contributed by atoms with Crippen molar-refractivity contribution in [1.29, 1.82) is 0 Å². The molecule has 150 valence electrons. The van der Waals surface area contributed by atoms with Gasteiger partial charge in [0.25, 0.3) is 0 Å². The van der Waals surface area contributed by atoms with Crippen molar-refractivity contribution in [3.63, 3.8) is 0 Å². The Morgan fingerprint density at radius 3 is 2.25 bits per heavy atom. The molecule has 0 bridgehead atoms. The first kappa shape index (κ1) is 22.7. The first-order valence-electron chi connectivity index (χ1n) is 9.09. The minimum absolute atomic E-state index is 0. The number of nitrogens with zero attached hydrogens (tertiary/aromatic N) is 2. The number of aliphatic hydroxyl groups excluding tert-OH is 1. The summed E-state index contributed by atoms with van der Waals surface area (Å²) in [5.74, 6) is 0. The fourth-order valence-corrected chi connectivity index (χ4v) is 3.94. The van der Waals surface area contributed by atoms with Gasteiger partial charge in [-0.3, -0.25) is 0 Å². The number of hydrogen-bond acceptors (Lipinski definition) is 3. The molecule has 1 heterocycles. The Balaban J connectivity index is 0.00000280. The van der Waals surface area contributed by atoms with Crippen molar-refractivity contribution in [2.75, 3.05) is 6.61 Å². The van der Waals surface area contributed by atoms with E-state index in [9.17, 15) is 5.11 Å². The Morgan fingerprint density at radius 1 is 1.04 bits per heavy atom. The van der Waals surface area contributed by atoms with E-state index in [1.54, 1.807) is 11.3 Å². The van der Waals surface area contributed by atoms with E-state index < -0.39 is 0 Å². The molecule has 0 aliphatic carbocycles. The van der Waals surface area contributed by atoms with E-state index >= 15 is 0 Å². The molecule has 6 heteroatoms. The molecule has 1 N–H and O–H groups in total. The minimum atomic E-state index is 0. The zero-order valence-electron chi connectivity index (χ0n) is 16.4. The second-order valence-electron chi connectivity index (χ2n) is 7.55. The molecule has 0 unspecified atom stereocenters. The monoisotopic (exact) mass is 436 g/mol. The quantitative estimate of drug-likeness (QED) is 0.507. The molecule has 3 nitrogen and oxygen atoms in total. The van der Waals surface area contributed by atoms with E-state index in [4.69, 9.17) is 16.6 Å². The maximum atomic E-state index is 9.31.